The van der Waals surface area contributed by atoms with E-state index in [2.05, 4.69) is 5.32 Å². The second-order valence-corrected chi connectivity index (χ2v) is 6.39. The lowest BCUT2D eigenvalue weighted by Gasteiger charge is -2.19. The fourth-order valence-corrected chi connectivity index (χ4v) is 2.76. The summed E-state index contributed by atoms with van der Waals surface area (Å²) in [7, 11) is 0. The molecular weight excluding hydrogens is 364 g/mol. The van der Waals surface area contributed by atoms with Gasteiger partial charge in [0.15, 0.2) is 6.61 Å². The van der Waals surface area contributed by atoms with Crippen LogP contribution in [-0.4, -0.2) is 62.1 Å². The van der Waals surface area contributed by atoms with Crippen molar-refractivity contribution >= 4 is 17.8 Å². The third-order valence-electron chi connectivity index (χ3n) is 4.18. The average molecular weight is 392 g/mol. The number of esters is 1. The topological polar surface area (TPSA) is 94.2 Å². The summed E-state index contributed by atoms with van der Waals surface area (Å²) < 4.78 is 15.8. The van der Waals surface area contributed by atoms with Crippen LogP contribution in [0.2, 0.25) is 0 Å². The molecular formula is C20H28N2O6. The van der Waals surface area contributed by atoms with Crippen molar-refractivity contribution in [2.75, 3.05) is 39.5 Å². The smallest absolute Gasteiger partial charge is 0.326 e. The summed E-state index contributed by atoms with van der Waals surface area (Å²) in [6.45, 7) is 3.17. The van der Waals surface area contributed by atoms with Crippen LogP contribution in [0.4, 0.5) is 0 Å². The van der Waals surface area contributed by atoms with Crippen LogP contribution >= 0.6 is 0 Å². The minimum absolute atomic E-state index is 0.0367. The van der Waals surface area contributed by atoms with Crippen LogP contribution in [0.3, 0.4) is 0 Å². The molecule has 0 atom stereocenters. The molecule has 1 fully saturated rings. The maximum absolute atomic E-state index is 11.8. The van der Waals surface area contributed by atoms with Crippen LogP contribution in [0.1, 0.15) is 32.6 Å². The number of amides is 2. The van der Waals surface area contributed by atoms with Gasteiger partial charge in [-0.3, -0.25) is 14.4 Å². The predicted octanol–water partition coefficient (Wildman–Crippen LogP) is 1.53. The number of ether oxygens (including phenoxy) is 3. The number of likely N-dealkylation sites (tertiary alicyclic amines) is 1. The minimum atomic E-state index is -0.573. The number of hydrogen-bond donors (Lipinski definition) is 1. The van der Waals surface area contributed by atoms with Gasteiger partial charge in [0.05, 0.1) is 13.2 Å². The summed E-state index contributed by atoms with van der Waals surface area (Å²) in [5.74, 6) is 0.422. The molecule has 0 radical (unpaired) electrons. The van der Waals surface area contributed by atoms with E-state index < -0.39 is 11.9 Å². The van der Waals surface area contributed by atoms with E-state index in [0.717, 1.165) is 25.0 Å². The van der Waals surface area contributed by atoms with Crippen LogP contribution in [0, 0.1) is 0 Å². The van der Waals surface area contributed by atoms with Crippen LogP contribution in [0.25, 0.3) is 0 Å². The Morgan fingerprint density at radius 3 is 2.50 bits per heavy atom. The highest BCUT2D eigenvalue weighted by molar-refractivity contribution is 5.84. The van der Waals surface area contributed by atoms with Gasteiger partial charge < -0.3 is 24.4 Å². The molecule has 1 saturated heterocycles. The fraction of sp³-hybridized carbons (Fsp3) is 0.550. The zero-order chi connectivity index (χ0) is 20.2. The summed E-state index contributed by atoms with van der Waals surface area (Å²) in [4.78, 5) is 36.9. The molecule has 2 amide bonds. The Labute approximate surface area is 165 Å². The molecule has 8 nitrogen and oxygen atoms in total. The van der Waals surface area contributed by atoms with Crippen molar-refractivity contribution in [3.63, 3.8) is 0 Å². The maximum atomic E-state index is 11.8. The third kappa shape index (κ3) is 7.85. The van der Waals surface area contributed by atoms with Gasteiger partial charge in [-0.2, -0.15) is 0 Å². The zero-order valence-corrected chi connectivity index (χ0v) is 16.3. The van der Waals surface area contributed by atoms with Gasteiger partial charge in [-0.15, -0.1) is 0 Å². The molecule has 1 aliphatic heterocycles. The lowest BCUT2D eigenvalue weighted by Crippen LogP contribution is -2.38. The molecule has 28 heavy (non-hydrogen) atoms. The lowest BCUT2D eigenvalue weighted by molar-refractivity contribution is -0.152. The first-order chi connectivity index (χ1) is 13.6. The first kappa shape index (κ1) is 21.5. The number of nitrogens with one attached hydrogen (secondary N) is 1. The number of carbonyl (C=O) groups is 3. The Balaban J connectivity index is 1.58. The standard InChI is InChI=1S/C20H28N2O6/c1-2-26-16-7-9-17(10-8-16)27-13-11-21-18(23)15-28-20(25)14-22-12-5-3-4-6-19(22)24/h7-10H,2-6,11-15H2,1H3,(H,21,23). The quantitative estimate of drug-likeness (QED) is 0.479. The number of rotatable bonds is 10. The van der Waals surface area contributed by atoms with E-state index in [1.807, 2.05) is 19.1 Å². The molecule has 0 saturated carbocycles. The molecule has 1 N–H and O–H groups in total. The molecule has 2 rings (SSSR count). The van der Waals surface area contributed by atoms with Gasteiger partial charge in [0.25, 0.3) is 5.91 Å². The van der Waals surface area contributed by atoms with Gasteiger partial charge in [0, 0.05) is 13.0 Å². The van der Waals surface area contributed by atoms with Crippen molar-refractivity contribution in [1.82, 2.24) is 10.2 Å². The van der Waals surface area contributed by atoms with E-state index >= 15 is 0 Å². The van der Waals surface area contributed by atoms with Gasteiger partial charge in [0.1, 0.15) is 24.7 Å². The molecule has 0 bridgehead atoms. The molecule has 1 aromatic carbocycles. The van der Waals surface area contributed by atoms with E-state index in [1.54, 1.807) is 12.1 Å². The summed E-state index contributed by atoms with van der Waals surface area (Å²) >= 11 is 0. The molecule has 1 heterocycles. The van der Waals surface area contributed by atoms with Crippen molar-refractivity contribution < 1.29 is 28.6 Å². The summed E-state index contributed by atoms with van der Waals surface area (Å²) in [6, 6.07) is 7.20. The first-order valence-electron chi connectivity index (χ1n) is 9.64. The van der Waals surface area contributed by atoms with Crippen molar-refractivity contribution in [3.8, 4) is 11.5 Å². The normalized spacial score (nSPS) is 14.2. The Bertz CT molecular complexity index is 647. The van der Waals surface area contributed by atoms with Gasteiger partial charge in [0.2, 0.25) is 5.91 Å². The molecule has 154 valence electrons. The van der Waals surface area contributed by atoms with E-state index in [1.165, 1.54) is 4.90 Å². The van der Waals surface area contributed by atoms with E-state index in [0.29, 0.717) is 25.3 Å². The van der Waals surface area contributed by atoms with Crippen molar-refractivity contribution in [3.05, 3.63) is 24.3 Å². The molecule has 8 heteroatoms. The van der Waals surface area contributed by atoms with Crippen LogP contribution in [0.5, 0.6) is 11.5 Å². The largest absolute Gasteiger partial charge is 0.494 e. The van der Waals surface area contributed by atoms with Gasteiger partial charge in [-0.1, -0.05) is 6.42 Å². The minimum Gasteiger partial charge on any atom is -0.494 e. The van der Waals surface area contributed by atoms with Gasteiger partial charge >= 0.3 is 5.97 Å². The van der Waals surface area contributed by atoms with Gasteiger partial charge in [-0.25, -0.2) is 0 Å². The molecule has 0 spiro atoms. The predicted molar refractivity (Wildman–Crippen MR) is 102 cm³/mol. The van der Waals surface area contributed by atoms with E-state index in [-0.39, 0.29) is 32.2 Å². The Kier molecular flexibility index (Phi) is 9.10. The highest BCUT2D eigenvalue weighted by Gasteiger charge is 2.20. The lowest BCUT2D eigenvalue weighted by atomic mass is 10.2. The van der Waals surface area contributed by atoms with E-state index in [9.17, 15) is 14.4 Å². The summed E-state index contributed by atoms with van der Waals surface area (Å²) in [5.41, 5.74) is 0. The van der Waals surface area contributed by atoms with Crippen LogP contribution in [0.15, 0.2) is 24.3 Å². The molecule has 0 aliphatic carbocycles. The first-order valence-corrected chi connectivity index (χ1v) is 9.64. The second-order valence-electron chi connectivity index (χ2n) is 6.39. The fourth-order valence-electron chi connectivity index (χ4n) is 2.76. The average Bonchev–Trinajstić information content (AvgIpc) is 2.89. The molecule has 0 unspecified atom stereocenters. The molecule has 1 aliphatic rings. The number of benzene rings is 1. The summed E-state index contributed by atoms with van der Waals surface area (Å²) in [6.07, 6.45) is 3.18. The van der Waals surface area contributed by atoms with Crippen molar-refractivity contribution in [2.45, 2.75) is 32.6 Å². The van der Waals surface area contributed by atoms with Crippen LogP contribution < -0.4 is 14.8 Å². The monoisotopic (exact) mass is 392 g/mol. The number of hydrogen-bond acceptors (Lipinski definition) is 6. The third-order valence-corrected chi connectivity index (χ3v) is 4.18. The van der Waals surface area contributed by atoms with E-state index in [4.69, 9.17) is 14.2 Å². The maximum Gasteiger partial charge on any atom is 0.326 e. The Morgan fingerprint density at radius 2 is 1.79 bits per heavy atom. The Hall–Kier alpha value is -2.77. The van der Waals surface area contributed by atoms with Gasteiger partial charge in [-0.05, 0) is 44.0 Å². The highest BCUT2D eigenvalue weighted by Crippen LogP contribution is 2.17. The molecule has 1 aromatic rings. The number of carbonyl (C=O) groups excluding carboxylic acids is 3. The second kappa shape index (κ2) is 11.8. The molecule has 0 aromatic heterocycles. The SMILES string of the molecule is CCOc1ccc(OCCNC(=O)COC(=O)CN2CCCCCC2=O)cc1. The highest BCUT2D eigenvalue weighted by atomic mass is 16.5. The van der Waals surface area contributed by atoms with Crippen molar-refractivity contribution in [1.29, 1.82) is 0 Å². The summed E-state index contributed by atoms with van der Waals surface area (Å²) in [5, 5.41) is 2.62. The number of nitrogens with zero attached hydrogens (tertiary/aromatic N) is 1. The van der Waals surface area contributed by atoms with Crippen LogP contribution in [-0.2, 0) is 19.1 Å². The zero-order valence-electron chi connectivity index (χ0n) is 16.3. The Morgan fingerprint density at radius 1 is 1.07 bits per heavy atom. The van der Waals surface area contributed by atoms with Crippen molar-refractivity contribution in [2.24, 2.45) is 0 Å².